The first-order valence-corrected chi connectivity index (χ1v) is 9.04. The lowest BCUT2D eigenvalue weighted by molar-refractivity contribution is 0.0921. The molecule has 6 nitrogen and oxygen atoms in total. The predicted octanol–water partition coefficient (Wildman–Crippen LogP) is 3.34. The first-order chi connectivity index (χ1) is 13.0. The van der Waals surface area contributed by atoms with Gasteiger partial charge in [-0.05, 0) is 50.5 Å². The summed E-state index contributed by atoms with van der Waals surface area (Å²) in [6.07, 6.45) is 3.06. The number of hydrazone groups is 1. The summed E-state index contributed by atoms with van der Waals surface area (Å²) in [6, 6.07) is 5.25. The maximum absolute atomic E-state index is 13.0. The molecule has 27 heavy (non-hydrogen) atoms. The van der Waals surface area contributed by atoms with Crippen LogP contribution in [0, 0.1) is 12.7 Å². The van der Waals surface area contributed by atoms with Gasteiger partial charge in [0.05, 0.1) is 5.71 Å². The Morgan fingerprint density at radius 1 is 1.19 bits per heavy atom. The van der Waals surface area contributed by atoms with Gasteiger partial charge in [-0.2, -0.15) is 5.10 Å². The zero-order valence-corrected chi connectivity index (χ0v) is 15.4. The molecular weight excluding hydrogens is 349 g/mol. The van der Waals surface area contributed by atoms with Crippen molar-refractivity contribution in [3.8, 4) is 0 Å². The van der Waals surface area contributed by atoms with Crippen LogP contribution in [0.4, 0.5) is 4.39 Å². The number of aryl methyl sites for hydroxylation is 1. The molecule has 7 heteroatoms. The van der Waals surface area contributed by atoms with Crippen molar-refractivity contribution >= 4 is 17.5 Å². The van der Waals surface area contributed by atoms with Crippen LogP contribution < -0.4 is 10.7 Å². The molecule has 0 bridgehead atoms. The molecule has 0 saturated heterocycles. The zero-order chi connectivity index (χ0) is 19.4. The molecule has 0 spiro atoms. The van der Waals surface area contributed by atoms with Gasteiger partial charge in [0.2, 0.25) is 0 Å². The number of carbonyl (C=O) groups excluding carboxylic acids is 2. The molecule has 1 aromatic heterocycles. The van der Waals surface area contributed by atoms with E-state index >= 15 is 0 Å². The van der Waals surface area contributed by atoms with E-state index in [0.29, 0.717) is 30.0 Å². The number of furan rings is 1. The summed E-state index contributed by atoms with van der Waals surface area (Å²) in [4.78, 5) is 24.5. The van der Waals surface area contributed by atoms with E-state index in [1.54, 1.807) is 0 Å². The average Bonchev–Trinajstić information content (AvgIpc) is 3.02. The third kappa shape index (κ3) is 4.07. The van der Waals surface area contributed by atoms with Crippen molar-refractivity contribution in [2.75, 3.05) is 6.54 Å². The third-order valence-electron chi connectivity index (χ3n) is 4.47. The largest absolute Gasteiger partial charge is 0.455 e. The summed E-state index contributed by atoms with van der Waals surface area (Å²) >= 11 is 0. The minimum absolute atomic E-state index is 0.238. The van der Waals surface area contributed by atoms with Crippen molar-refractivity contribution in [1.29, 1.82) is 0 Å². The molecule has 3 rings (SSSR count). The van der Waals surface area contributed by atoms with Gasteiger partial charge < -0.3 is 9.73 Å². The monoisotopic (exact) mass is 371 g/mol. The van der Waals surface area contributed by atoms with E-state index < -0.39 is 11.7 Å². The fourth-order valence-corrected chi connectivity index (χ4v) is 3.10. The van der Waals surface area contributed by atoms with Gasteiger partial charge in [-0.1, -0.05) is 6.92 Å². The van der Waals surface area contributed by atoms with Crippen LogP contribution in [-0.4, -0.2) is 24.1 Å². The van der Waals surface area contributed by atoms with Gasteiger partial charge in [0, 0.05) is 29.7 Å². The Morgan fingerprint density at radius 2 is 1.93 bits per heavy atom. The second kappa shape index (κ2) is 8.16. The van der Waals surface area contributed by atoms with Gasteiger partial charge in [0.15, 0.2) is 5.76 Å². The highest BCUT2D eigenvalue weighted by Crippen LogP contribution is 2.29. The summed E-state index contributed by atoms with van der Waals surface area (Å²) in [6.45, 7) is 4.39. The fraction of sp³-hybridized carbons (Fsp3) is 0.350. The van der Waals surface area contributed by atoms with Gasteiger partial charge in [0.25, 0.3) is 11.8 Å². The third-order valence-corrected chi connectivity index (χ3v) is 4.47. The molecule has 0 fully saturated rings. The highest BCUT2D eigenvalue weighted by Gasteiger charge is 2.27. The number of fused-ring (bicyclic) bond motifs is 1. The molecule has 1 heterocycles. The van der Waals surface area contributed by atoms with Gasteiger partial charge in [-0.15, -0.1) is 0 Å². The van der Waals surface area contributed by atoms with Crippen molar-refractivity contribution < 1.29 is 18.4 Å². The summed E-state index contributed by atoms with van der Waals surface area (Å²) in [5, 5.41) is 7.07. The van der Waals surface area contributed by atoms with Crippen molar-refractivity contribution in [3.05, 3.63) is 58.3 Å². The Balaban J connectivity index is 1.82. The molecular formula is C20H22FN3O3. The topological polar surface area (TPSA) is 83.7 Å². The number of nitrogens with zero attached hydrogens (tertiary/aromatic N) is 1. The van der Waals surface area contributed by atoms with Crippen LogP contribution >= 0.6 is 0 Å². The molecule has 0 atom stereocenters. The summed E-state index contributed by atoms with van der Waals surface area (Å²) in [7, 11) is 0. The number of carbonyl (C=O) groups is 2. The van der Waals surface area contributed by atoms with E-state index in [9.17, 15) is 14.0 Å². The number of rotatable bonds is 5. The summed E-state index contributed by atoms with van der Waals surface area (Å²) in [5.41, 5.74) is 5.04. The Hall–Kier alpha value is -2.96. The average molecular weight is 371 g/mol. The van der Waals surface area contributed by atoms with Crippen LogP contribution in [0.25, 0.3) is 0 Å². The molecule has 1 aliphatic carbocycles. The quantitative estimate of drug-likeness (QED) is 0.791. The van der Waals surface area contributed by atoms with Gasteiger partial charge in [-0.3, -0.25) is 9.59 Å². The lowest BCUT2D eigenvalue weighted by Crippen LogP contribution is -2.24. The summed E-state index contributed by atoms with van der Waals surface area (Å²) in [5.74, 6) is -0.0455. The minimum Gasteiger partial charge on any atom is -0.455 e. The molecule has 0 aliphatic heterocycles. The lowest BCUT2D eigenvalue weighted by atomic mass is 9.93. The van der Waals surface area contributed by atoms with Crippen molar-refractivity contribution in [2.24, 2.45) is 5.10 Å². The number of benzene rings is 1. The molecule has 2 aromatic rings. The highest BCUT2D eigenvalue weighted by atomic mass is 19.1. The molecule has 0 radical (unpaired) electrons. The normalized spacial score (nSPS) is 14.7. The van der Waals surface area contributed by atoms with Gasteiger partial charge >= 0.3 is 0 Å². The first kappa shape index (κ1) is 18.8. The number of hydrogen-bond acceptors (Lipinski definition) is 4. The lowest BCUT2D eigenvalue weighted by Gasteiger charge is -2.13. The Kier molecular flexibility index (Phi) is 5.69. The van der Waals surface area contributed by atoms with E-state index in [-0.39, 0.29) is 5.91 Å². The van der Waals surface area contributed by atoms with E-state index in [1.807, 2.05) is 13.8 Å². The van der Waals surface area contributed by atoms with Crippen molar-refractivity contribution in [1.82, 2.24) is 10.7 Å². The fourth-order valence-electron chi connectivity index (χ4n) is 3.10. The molecule has 0 unspecified atom stereocenters. The summed E-state index contributed by atoms with van der Waals surface area (Å²) < 4.78 is 18.8. The zero-order valence-electron chi connectivity index (χ0n) is 15.4. The Morgan fingerprint density at radius 3 is 2.63 bits per heavy atom. The van der Waals surface area contributed by atoms with Crippen LogP contribution in [0.3, 0.4) is 0 Å². The second-order valence-electron chi connectivity index (χ2n) is 6.47. The maximum atomic E-state index is 13.0. The molecule has 2 N–H and O–H groups in total. The van der Waals surface area contributed by atoms with Gasteiger partial charge in [-0.25, -0.2) is 9.82 Å². The Bertz CT molecular complexity index is 885. The first-order valence-electron chi connectivity index (χ1n) is 9.04. The van der Waals surface area contributed by atoms with Crippen LogP contribution in [0.5, 0.6) is 0 Å². The standard InChI is InChI=1S/C20H22FN3O3/c1-3-11-22-20(26)18-12(2)17-15(5-4-6-16(17)27-18)23-24-19(25)13-7-9-14(21)10-8-13/h7-10H,3-6,11H2,1-2H3,(H,22,26)(H,24,25)/b23-15+. The molecule has 1 aliphatic rings. The van der Waals surface area contributed by atoms with E-state index in [0.717, 1.165) is 36.1 Å². The second-order valence-corrected chi connectivity index (χ2v) is 6.47. The SMILES string of the molecule is CCCNC(=O)c1oc2c(c1C)/C(=N/NC(=O)c1ccc(F)cc1)CCC2. The van der Waals surface area contributed by atoms with E-state index in [2.05, 4.69) is 15.8 Å². The highest BCUT2D eigenvalue weighted by molar-refractivity contribution is 6.07. The van der Waals surface area contributed by atoms with Crippen molar-refractivity contribution in [2.45, 2.75) is 39.5 Å². The minimum atomic E-state index is -0.420. The smallest absolute Gasteiger partial charge is 0.287 e. The number of hydrogen-bond donors (Lipinski definition) is 2. The molecule has 142 valence electrons. The van der Waals surface area contributed by atoms with Crippen LogP contribution in [0.2, 0.25) is 0 Å². The van der Waals surface area contributed by atoms with Crippen LogP contribution in [-0.2, 0) is 6.42 Å². The van der Waals surface area contributed by atoms with Crippen LogP contribution in [0.1, 0.15) is 64.0 Å². The van der Waals surface area contributed by atoms with Crippen LogP contribution in [0.15, 0.2) is 33.8 Å². The predicted molar refractivity (Wildman–Crippen MR) is 99.4 cm³/mol. The molecule has 1 aromatic carbocycles. The molecule has 2 amide bonds. The number of halogens is 1. The van der Waals surface area contributed by atoms with Crippen molar-refractivity contribution in [3.63, 3.8) is 0 Å². The Labute approximate surface area is 156 Å². The number of nitrogens with one attached hydrogen (secondary N) is 2. The number of amides is 2. The maximum Gasteiger partial charge on any atom is 0.287 e. The van der Waals surface area contributed by atoms with Gasteiger partial charge in [0.1, 0.15) is 11.6 Å². The molecule has 0 saturated carbocycles. The van der Waals surface area contributed by atoms with E-state index in [4.69, 9.17) is 4.42 Å². The van der Waals surface area contributed by atoms with E-state index in [1.165, 1.54) is 24.3 Å².